The number of rotatable bonds is 9. The molecule has 0 saturated carbocycles. The molecule has 2 rings (SSSR count). The normalized spacial score (nSPS) is 15.6. The molecule has 2 N–H and O–H groups in total. The number of hydrogen-bond acceptors (Lipinski definition) is 5. The van der Waals surface area contributed by atoms with Crippen LogP contribution in [0.2, 0.25) is 0 Å². The molecular formula is C19H30N4O3. The molecule has 2 amide bonds. The first-order chi connectivity index (χ1) is 12.6. The maximum atomic E-state index is 12.2. The number of methoxy groups -OCH3 is 1. The van der Waals surface area contributed by atoms with Crippen LogP contribution in [0.4, 0.5) is 5.69 Å². The van der Waals surface area contributed by atoms with Crippen LogP contribution >= 0.6 is 0 Å². The number of carbonyl (C=O) groups excluding carboxylic acids is 2. The average Bonchev–Trinajstić information content (AvgIpc) is 2.63. The van der Waals surface area contributed by atoms with Crippen molar-refractivity contribution in [1.29, 1.82) is 0 Å². The molecule has 0 aliphatic carbocycles. The summed E-state index contributed by atoms with van der Waals surface area (Å²) < 4.78 is 4.92. The Morgan fingerprint density at radius 3 is 2.35 bits per heavy atom. The van der Waals surface area contributed by atoms with E-state index in [1.165, 1.54) is 5.56 Å². The van der Waals surface area contributed by atoms with Crippen molar-refractivity contribution >= 4 is 17.5 Å². The van der Waals surface area contributed by atoms with Crippen molar-refractivity contribution in [2.75, 3.05) is 64.8 Å². The predicted molar refractivity (Wildman–Crippen MR) is 102 cm³/mol. The van der Waals surface area contributed by atoms with Crippen LogP contribution in [0.5, 0.6) is 0 Å². The molecule has 26 heavy (non-hydrogen) atoms. The Bertz CT molecular complexity index is 586. The second-order valence-electron chi connectivity index (χ2n) is 6.50. The Morgan fingerprint density at radius 1 is 1.08 bits per heavy atom. The van der Waals surface area contributed by atoms with Crippen molar-refractivity contribution in [2.24, 2.45) is 0 Å². The molecule has 0 bridgehead atoms. The van der Waals surface area contributed by atoms with Gasteiger partial charge >= 0.3 is 0 Å². The number of aryl methyl sites for hydroxylation is 1. The standard InChI is InChI=1S/C19H30N4O3/c1-3-16-5-4-6-17(13-16)21-19(25)15-23-10-8-22(9-11-23)14-18(24)20-7-12-26-2/h4-6,13H,3,7-12,14-15H2,1-2H3,(H,20,24)(H,21,25). The number of hydrogen-bond donors (Lipinski definition) is 2. The van der Waals surface area contributed by atoms with Crippen LogP contribution in [0.1, 0.15) is 12.5 Å². The first-order valence-corrected chi connectivity index (χ1v) is 9.20. The van der Waals surface area contributed by atoms with Crippen molar-refractivity contribution < 1.29 is 14.3 Å². The summed E-state index contributed by atoms with van der Waals surface area (Å²) >= 11 is 0. The van der Waals surface area contributed by atoms with E-state index in [0.717, 1.165) is 38.3 Å². The third kappa shape index (κ3) is 7.11. The van der Waals surface area contributed by atoms with Gasteiger partial charge in [0.05, 0.1) is 19.7 Å². The van der Waals surface area contributed by atoms with Crippen LogP contribution in [0.25, 0.3) is 0 Å². The van der Waals surface area contributed by atoms with Gasteiger partial charge in [0.25, 0.3) is 0 Å². The minimum Gasteiger partial charge on any atom is -0.383 e. The fourth-order valence-electron chi connectivity index (χ4n) is 2.93. The van der Waals surface area contributed by atoms with Gasteiger partial charge in [0.15, 0.2) is 0 Å². The molecule has 1 aliphatic rings. The highest BCUT2D eigenvalue weighted by Gasteiger charge is 2.20. The van der Waals surface area contributed by atoms with E-state index in [9.17, 15) is 9.59 Å². The van der Waals surface area contributed by atoms with Crippen LogP contribution in [-0.2, 0) is 20.7 Å². The van der Waals surface area contributed by atoms with Gasteiger partial charge in [0.1, 0.15) is 0 Å². The summed E-state index contributed by atoms with van der Waals surface area (Å²) in [5, 5.41) is 5.79. The SMILES string of the molecule is CCc1cccc(NC(=O)CN2CCN(CC(=O)NCCOC)CC2)c1. The van der Waals surface area contributed by atoms with Crippen LogP contribution in [0, 0.1) is 0 Å². The molecule has 1 heterocycles. The zero-order valence-electron chi connectivity index (χ0n) is 15.8. The molecule has 144 valence electrons. The van der Waals surface area contributed by atoms with Gasteiger partial charge < -0.3 is 15.4 Å². The molecular weight excluding hydrogens is 332 g/mol. The summed E-state index contributed by atoms with van der Waals surface area (Å²) in [6.45, 7) is 7.08. The van der Waals surface area contributed by atoms with Gasteiger partial charge in [-0.3, -0.25) is 19.4 Å². The molecule has 0 aromatic heterocycles. The topological polar surface area (TPSA) is 73.9 Å². The number of carbonyl (C=O) groups is 2. The fourth-order valence-corrected chi connectivity index (χ4v) is 2.93. The first kappa shape index (κ1) is 20.4. The van der Waals surface area contributed by atoms with Crippen molar-refractivity contribution in [2.45, 2.75) is 13.3 Å². The molecule has 7 heteroatoms. The van der Waals surface area contributed by atoms with Crippen LogP contribution < -0.4 is 10.6 Å². The summed E-state index contributed by atoms with van der Waals surface area (Å²) in [6, 6.07) is 7.94. The number of benzene rings is 1. The molecule has 0 radical (unpaired) electrons. The zero-order chi connectivity index (χ0) is 18.8. The predicted octanol–water partition coefficient (Wildman–Crippen LogP) is 0.568. The smallest absolute Gasteiger partial charge is 0.238 e. The lowest BCUT2D eigenvalue weighted by molar-refractivity contribution is -0.123. The lowest BCUT2D eigenvalue weighted by Gasteiger charge is -2.33. The first-order valence-electron chi connectivity index (χ1n) is 9.20. The van der Waals surface area contributed by atoms with Crippen molar-refractivity contribution in [3.63, 3.8) is 0 Å². The number of ether oxygens (including phenoxy) is 1. The quantitative estimate of drug-likeness (QED) is 0.628. The number of nitrogens with one attached hydrogen (secondary N) is 2. The van der Waals surface area contributed by atoms with E-state index in [0.29, 0.717) is 26.2 Å². The number of anilines is 1. The Balaban J connectivity index is 1.67. The highest BCUT2D eigenvalue weighted by molar-refractivity contribution is 5.92. The second kappa shape index (κ2) is 10.9. The van der Waals surface area contributed by atoms with Crippen LogP contribution in [0.15, 0.2) is 24.3 Å². The lowest BCUT2D eigenvalue weighted by Crippen LogP contribution is -2.51. The summed E-state index contributed by atoms with van der Waals surface area (Å²) in [5.74, 6) is 0.0214. The highest BCUT2D eigenvalue weighted by Crippen LogP contribution is 2.11. The van der Waals surface area contributed by atoms with Gasteiger partial charge in [-0.1, -0.05) is 19.1 Å². The van der Waals surface area contributed by atoms with E-state index < -0.39 is 0 Å². The monoisotopic (exact) mass is 362 g/mol. The van der Waals surface area contributed by atoms with Gasteiger partial charge in [0.2, 0.25) is 11.8 Å². The Kier molecular flexibility index (Phi) is 8.53. The molecule has 1 fully saturated rings. The molecule has 1 saturated heterocycles. The summed E-state index contributed by atoms with van der Waals surface area (Å²) in [6.07, 6.45) is 0.949. The molecule has 0 atom stereocenters. The van der Waals surface area contributed by atoms with Crippen LogP contribution in [0.3, 0.4) is 0 Å². The van der Waals surface area contributed by atoms with Gasteiger partial charge in [-0.15, -0.1) is 0 Å². The average molecular weight is 362 g/mol. The third-order valence-corrected chi connectivity index (χ3v) is 4.45. The minimum atomic E-state index is 0.00371. The van der Waals surface area contributed by atoms with E-state index in [2.05, 4.69) is 33.4 Å². The zero-order valence-corrected chi connectivity index (χ0v) is 15.8. The summed E-state index contributed by atoms with van der Waals surface area (Å²) in [4.78, 5) is 28.3. The maximum Gasteiger partial charge on any atom is 0.238 e. The number of nitrogens with zero attached hydrogens (tertiary/aromatic N) is 2. The summed E-state index contributed by atoms with van der Waals surface area (Å²) in [7, 11) is 1.61. The van der Waals surface area contributed by atoms with Crippen LogP contribution in [-0.4, -0.2) is 81.1 Å². The van der Waals surface area contributed by atoms with E-state index in [1.807, 2.05) is 18.2 Å². The van der Waals surface area contributed by atoms with Crippen molar-refractivity contribution in [3.8, 4) is 0 Å². The Morgan fingerprint density at radius 2 is 1.73 bits per heavy atom. The Hall–Kier alpha value is -1.96. The van der Waals surface area contributed by atoms with Gasteiger partial charge in [0, 0.05) is 45.5 Å². The van der Waals surface area contributed by atoms with E-state index in [4.69, 9.17) is 4.74 Å². The minimum absolute atomic E-state index is 0.00371. The van der Waals surface area contributed by atoms with E-state index in [1.54, 1.807) is 7.11 Å². The van der Waals surface area contributed by atoms with Crippen molar-refractivity contribution in [1.82, 2.24) is 15.1 Å². The van der Waals surface area contributed by atoms with Gasteiger partial charge in [-0.25, -0.2) is 0 Å². The lowest BCUT2D eigenvalue weighted by atomic mass is 10.1. The Labute approximate surface area is 155 Å². The third-order valence-electron chi connectivity index (χ3n) is 4.45. The molecule has 0 unspecified atom stereocenters. The molecule has 0 spiro atoms. The van der Waals surface area contributed by atoms with Gasteiger partial charge in [-0.05, 0) is 24.1 Å². The fraction of sp³-hybridized carbons (Fsp3) is 0.579. The van der Waals surface area contributed by atoms with Gasteiger partial charge in [-0.2, -0.15) is 0 Å². The second-order valence-corrected chi connectivity index (χ2v) is 6.50. The van der Waals surface area contributed by atoms with Crippen molar-refractivity contribution in [3.05, 3.63) is 29.8 Å². The molecule has 1 aliphatic heterocycles. The summed E-state index contributed by atoms with van der Waals surface area (Å²) in [5.41, 5.74) is 2.06. The van der Waals surface area contributed by atoms with E-state index >= 15 is 0 Å². The number of piperazine rings is 1. The number of amides is 2. The highest BCUT2D eigenvalue weighted by atomic mass is 16.5. The largest absolute Gasteiger partial charge is 0.383 e. The maximum absolute atomic E-state index is 12.2. The molecule has 1 aromatic rings. The molecule has 7 nitrogen and oxygen atoms in total. The van der Waals surface area contributed by atoms with E-state index in [-0.39, 0.29) is 11.8 Å². The molecule has 1 aromatic carbocycles.